The molecule has 6 heteroatoms. The Labute approximate surface area is 228 Å². The van der Waals surface area contributed by atoms with Crippen LogP contribution in [0.3, 0.4) is 0 Å². The molecule has 6 nitrogen and oxygen atoms in total. The molecule has 2 aliphatic rings. The van der Waals surface area contributed by atoms with E-state index in [0.29, 0.717) is 29.7 Å². The van der Waals surface area contributed by atoms with Crippen molar-refractivity contribution in [2.45, 2.75) is 31.6 Å². The van der Waals surface area contributed by atoms with Crippen molar-refractivity contribution in [2.75, 3.05) is 13.7 Å². The number of para-hydroxylation sites is 1. The van der Waals surface area contributed by atoms with Crippen LogP contribution in [0.1, 0.15) is 42.7 Å². The van der Waals surface area contributed by atoms with E-state index in [9.17, 15) is 9.59 Å². The fraction of sp³-hybridized carbons (Fsp3) is 0.212. The first-order valence-electron chi connectivity index (χ1n) is 13.0. The molecule has 0 saturated heterocycles. The summed E-state index contributed by atoms with van der Waals surface area (Å²) < 4.78 is 11.4. The third-order valence-electron chi connectivity index (χ3n) is 7.53. The zero-order chi connectivity index (χ0) is 27.5. The molecule has 0 unspecified atom stereocenters. The average Bonchev–Trinajstić information content (AvgIpc) is 3.43. The Morgan fingerprint density at radius 3 is 2.64 bits per heavy atom. The number of carbonyl (C=O) groups is 2. The number of hydrogen-bond acceptors (Lipinski definition) is 5. The third kappa shape index (κ3) is 4.86. The summed E-state index contributed by atoms with van der Waals surface area (Å²) in [6, 6.07) is 15.7. The van der Waals surface area contributed by atoms with Gasteiger partial charge in [0.25, 0.3) is 0 Å². The standard InChI is InChI=1S/C33H32N2O4/c1-5-10-21(6-2)19-39-33(37)30-20(3)35-27-17-22(23-11-7-8-14-29(23)38-4)18-28(36)32(27)31(30)25-12-9-13-26-24(25)15-16-34-26/h5-16,22,31,34-35H,1-2,17-19H2,3-4H3/b21-10+/t22-,31-/m1/s1. The van der Waals surface area contributed by atoms with Crippen molar-refractivity contribution in [1.82, 2.24) is 10.3 Å². The normalized spacial score (nSPS) is 19.4. The smallest absolute Gasteiger partial charge is 0.337 e. The van der Waals surface area contributed by atoms with Crippen LogP contribution in [0.5, 0.6) is 5.75 Å². The molecule has 0 saturated carbocycles. The number of dihydropyridines is 1. The van der Waals surface area contributed by atoms with Gasteiger partial charge in [0.1, 0.15) is 12.4 Å². The summed E-state index contributed by atoms with van der Waals surface area (Å²) in [6.45, 7) is 9.42. The van der Waals surface area contributed by atoms with Gasteiger partial charge in [-0.3, -0.25) is 4.79 Å². The molecule has 0 bridgehead atoms. The maximum absolute atomic E-state index is 14.0. The summed E-state index contributed by atoms with van der Waals surface area (Å²) in [7, 11) is 1.65. The van der Waals surface area contributed by atoms with Gasteiger partial charge in [0.05, 0.1) is 12.7 Å². The van der Waals surface area contributed by atoms with Crippen molar-refractivity contribution in [2.24, 2.45) is 0 Å². The number of H-pyrrole nitrogens is 1. The topological polar surface area (TPSA) is 80.4 Å². The number of allylic oxidation sites excluding steroid dienone is 5. The number of esters is 1. The summed E-state index contributed by atoms with van der Waals surface area (Å²) in [6.07, 6.45) is 7.84. The predicted octanol–water partition coefficient (Wildman–Crippen LogP) is 6.38. The summed E-state index contributed by atoms with van der Waals surface area (Å²) in [4.78, 5) is 30.9. The first-order valence-corrected chi connectivity index (χ1v) is 13.0. The molecule has 5 rings (SSSR count). The Balaban J connectivity index is 1.60. The molecule has 0 fully saturated rings. The molecule has 0 radical (unpaired) electrons. The van der Waals surface area contributed by atoms with E-state index in [-0.39, 0.29) is 18.3 Å². The highest BCUT2D eigenvalue weighted by atomic mass is 16.5. The Morgan fingerprint density at radius 2 is 1.87 bits per heavy atom. The van der Waals surface area contributed by atoms with Crippen LogP contribution in [-0.4, -0.2) is 30.5 Å². The first-order chi connectivity index (χ1) is 19.0. The number of methoxy groups -OCH3 is 1. The highest BCUT2D eigenvalue weighted by Gasteiger charge is 2.42. The Kier molecular flexibility index (Phi) is 7.37. The zero-order valence-electron chi connectivity index (χ0n) is 22.3. The lowest BCUT2D eigenvalue weighted by atomic mass is 9.71. The van der Waals surface area contributed by atoms with Crippen molar-refractivity contribution in [3.63, 3.8) is 0 Å². The van der Waals surface area contributed by atoms with E-state index in [1.807, 2.05) is 61.7 Å². The number of fused-ring (bicyclic) bond motifs is 1. The number of hydrogen-bond donors (Lipinski definition) is 2. The largest absolute Gasteiger partial charge is 0.496 e. The second kappa shape index (κ2) is 11.0. The third-order valence-corrected chi connectivity index (χ3v) is 7.53. The number of carbonyl (C=O) groups excluding carboxylic acids is 2. The van der Waals surface area contributed by atoms with Crippen molar-refractivity contribution >= 4 is 22.7 Å². The van der Waals surface area contributed by atoms with Crippen LogP contribution in [0.25, 0.3) is 10.9 Å². The van der Waals surface area contributed by atoms with Crippen molar-refractivity contribution in [3.05, 3.63) is 125 Å². The fourth-order valence-electron chi connectivity index (χ4n) is 5.76. The van der Waals surface area contributed by atoms with Crippen LogP contribution >= 0.6 is 0 Å². The number of aromatic nitrogens is 1. The van der Waals surface area contributed by atoms with Gasteiger partial charge in [0.2, 0.25) is 0 Å². The van der Waals surface area contributed by atoms with Crippen LogP contribution in [-0.2, 0) is 14.3 Å². The minimum atomic E-state index is -0.560. The van der Waals surface area contributed by atoms with Gasteiger partial charge in [-0.05, 0) is 48.2 Å². The van der Waals surface area contributed by atoms with Gasteiger partial charge in [0, 0.05) is 52.3 Å². The van der Waals surface area contributed by atoms with Gasteiger partial charge in [-0.25, -0.2) is 4.79 Å². The highest BCUT2D eigenvalue weighted by Crippen LogP contribution is 2.48. The lowest BCUT2D eigenvalue weighted by Crippen LogP contribution is -2.36. The second-order valence-corrected chi connectivity index (χ2v) is 9.80. The molecule has 198 valence electrons. The average molecular weight is 521 g/mol. The minimum Gasteiger partial charge on any atom is -0.496 e. The van der Waals surface area contributed by atoms with Crippen molar-refractivity contribution in [1.29, 1.82) is 0 Å². The monoisotopic (exact) mass is 520 g/mol. The van der Waals surface area contributed by atoms with Crippen LogP contribution in [0.4, 0.5) is 0 Å². The molecular weight excluding hydrogens is 488 g/mol. The molecule has 0 amide bonds. The van der Waals surface area contributed by atoms with E-state index in [1.165, 1.54) is 0 Å². The molecule has 0 spiro atoms. The summed E-state index contributed by atoms with van der Waals surface area (Å²) in [5, 5.41) is 4.39. The maximum atomic E-state index is 14.0. The number of aromatic amines is 1. The second-order valence-electron chi connectivity index (χ2n) is 9.80. The van der Waals surface area contributed by atoms with Gasteiger partial charge in [0.15, 0.2) is 5.78 Å². The molecule has 3 aromatic rings. The van der Waals surface area contributed by atoms with E-state index in [2.05, 4.69) is 23.5 Å². The quantitative estimate of drug-likeness (QED) is 0.266. The van der Waals surface area contributed by atoms with Crippen molar-refractivity contribution in [3.8, 4) is 5.75 Å². The molecule has 2 heterocycles. The van der Waals surface area contributed by atoms with Crippen LogP contribution in [0.2, 0.25) is 0 Å². The minimum absolute atomic E-state index is 0.00771. The number of ketones is 1. The van der Waals surface area contributed by atoms with E-state index in [0.717, 1.165) is 39.0 Å². The Hall–Kier alpha value is -4.58. The van der Waals surface area contributed by atoms with Crippen LogP contribution < -0.4 is 10.1 Å². The van der Waals surface area contributed by atoms with Gasteiger partial charge in [-0.15, -0.1) is 0 Å². The highest BCUT2D eigenvalue weighted by molar-refractivity contribution is 6.05. The molecule has 2 atom stereocenters. The summed E-state index contributed by atoms with van der Waals surface area (Å²) >= 11 is 0. The molecule has 2 N–H and O–H groups in total. The number of benzene rings is 2. The van der Waals surface area contributed by atoms with Gasteiger partial charge < -0.3 is 19.8 Å². The molecule has 1 aliphatic heterocycles. The predicted molar refractivity (Wildman–Crippen MR) is 153 cm³/mol. The molecular formula is C33H32N2O4. The molecule has 2 aromatic carbocycles. The Morgan fingerprint density at radius 1 is 1.08 bits per heavy atom. The number of nitrogens with one attached hydrogen (secondary N) is 2. The van der Waals surface area contributed by atoms with Crippen molar-refractivity contribution < 1.29 is 19.1 Å². The van der Waals surface area contributed by atoms with Crippen LogP contribution in [0.15, 0.2) is 114 Å². The van der Waals surface area contributed by atoms with Gasteiger partial charge in [-0.2, -0.15) is 0 Å². The van der Waals surface area contributed by atoms with E-state index in [4.69, 9.17) is 9.47 Å². The lowest BCUT2D eigenvalue weighted by molar-refractivity contribution is -0.138. The SMILES string of the molecule is C=C/C=C(\C=C)COC(=O)C1=C(C)NC2=C(C(=O)C[C@H](c3ccccc3OC)C2)[C@@H]1c1cccc2[nH]ccc12. The zero-order valence-corrected chi connectivity index (χ0v) is 22.3. The summed E-state index contributed by atoms with van der Waals surface area (Å²) in [5.74, 6) is -0.293. The van der Waals surface area contributed by atoms with Gasteiger partial charge >= 0.3 is 5.97 Å². The molecule has 1 aliphatic carbocycles. The van der Waals surface area contributed by atoms with Crippen LogP contribution in [0, 0.1) is 0 Å². The van der Waals surface area contributed by atoms with E-state index < -0.39 is 11.9 Å². The Bertz CT molecular complexity index is 1570. The van der Waals surface area contributed by atoms with Gasteiger partial charge in [-0.1, -0.05) is 61.7 Å². The van der Waals surface area contributed by atoms with E-state index in [1.54, 1.807) is 25.3 Å². The molecule has 1 aromatic heterocycles. The lowest BCUT2D eigenvalue weighted by Gasteiger charge is -2.37. The molecule has 39 heavy (non-hydrogen) atoms. The number of Topliss-reactive ketones (excluding diaryl/α,β-unsaturated/α-hetero) is 1. The fourth-order valence-corrected chi connectivity index (χ4v) is 5.76. The maximum Gasteiger partial charge on any atom is 0.337 e. The number of ether oxygens (including phenoxy) is 2. The van der Waals surface area contributed by atoms with E-state index >= 15 is 0 Å². The summed E-state index contributed by atoms with van der Waals surface area (Å²) in [5.41, 5.74) is 6.15. The first kappa shape index (κ1) is 26.0. The number of rotatable bonds is 8.